The van der Waals surface area contributed by atoms with Crippen molar-refractivity contribution >= 4 is 17.5 Å². The smallest absolute Gasteiger partial charge is 0.287 e. The number of rotatable bonds is 6. The minimum Gasteiger partial charge on any atom is -0.496 e. The largest absolute Gasteiger partial charge is 0.496 e. The predicted molar refractivity (Wildman–Crippen MR) is 126 cm³/mol. The van der Waals surface area contributed by atoms with Crippen LogP contribution in [0.2, 0.25) is 0 Å². The summed E-state index contributed by atoms with van der Waals surface area (Å²) in [6, 6.07) is 15.0. The molecule has 1 aromatic heterocycles. The van der Waals surface area contributed by atoms with E-state index in [1.54, 1.807) is 24.3 Å². The normalized spacial score (nSPS) is 14.0. The Hall–Kier alpha value is -3.87. The Kier molecular flexibility index (Phi) is 6.58. The van der Waals surface area contributed by atoms with Crippen molar-refractivity contribution in [2.75, 3.05) is 7.11 Å². The molecule has 0 saturated heterocycles. The number of carbonyl (C=O) groups excluding carboxylic acids is 2. The molecule has 1 aliphatic rings. The monoisotopic (exact) mass is 445 g/mol. The van der Waals surface area contributed by atoms with Crippen LogP contribution in [0.5, 0.6) is 5.75 Å². The van der Waals surface area contributed by atoms with Gasteiger partial charge in [-0.05, 0) is 44.4 Å². The molecule has 7 nitrogen and oxygen atoms in total. The highest BCUT2D eigenvalue weighted by Crippen LogP contribution is 2.30. The fraction of sp³-hybridized carbons (Fsp3) is 0.269. The molecule has 1 aliphatic carbocycles. The number of ether oxygens (including phenoxy) is 1. The van der Waals surface area contributed by atoms with Gasteiger partial charge in [0.2, 0.25) is 0 Å². The number of furan rings is 1. The van der Waals surface area contributed by atoms with Crippen LogP contribution in [0.25, 0.3) is 0 Å². The quantitative estimate of drug-likeness (QED) is 0.553. The van der Waals surface area contributed by atoms with Crippen LogP contribution in [0.4, 0.5) is 0 Å². The van der Waals surface area contributed by atoms with Gasteiger partial charge in [-0.3, -0.25) is 9.59 Å². The van der Waals surface area contributed by atoms with Crippen molar-refractivity contribution in [1.82, 2.24) is 10.7 Å². The number of nitrogens with zero attached hydrogens (tertiary/aromatic N) is 1. The third kappa shape index (κ3) is 4.82. The van der Waals surface area contributed by atoms with Gasteiger partial charge < -0.3 is 14.5 Å². The van der Waals surface area contributed by atoms with Gasteiger partial charge >= 0.3 is 0 Å². The van der Waals surface area contributed by atoms with Gasteiger partial charge in [0.1, 0.15) is 11.5 Å². The van der Waals surface area contributed by atoms with Crippen LogP contribution in [0.15, 0.2) is 58.0 Å². The van der Waals surface area contributed by atoms with Gasteiger partial charge in [0.25, 0.3) is 11.8 Å². The van der Waals surface area contributed by atoms with Gasteiger partial charge in [-0.25, -0.2) is 5.43 Å². The molecule has 0 radical (unpaired) electrons. The molecule has 0 aliphatic heterocycles. The molecule has 170 valence electrons. The maximum absolute atomic E-state index is 12.8. The van der Waals surface area contributed by atoms with E-state index in [-0.39, 0.29) is 17.6 Å². The number of aryl methyl sites for hydroxylation is 2. The van der Waals surface area contributed by atoms with Crippen molar-refractivity contribution in [3.8, 4) is 5.75 Å². The first kappa shape index (κ1) is 22.3. The number of amides is 2. The van der Waals surface area contributed by atoms with Crippen LogP contribution in [0.1, 0.15) is 61.8 Å². The zero-order chi connectivity index (χ0) is 23.4. The number of hydrogen-bond donors (Lipinski definition) is 2. The van der Waals surface area contributed by atoms with Gasteiger partial charge in [0, 0.05) is 24.1 Å². The molecule has 4 rings (SSSR count). The number of carbonyl (C=O) groups is 2. The molecular formula is C26H27N3O4. The summed E-state index contributed by atoms with van der Waals surface area (Å²) >= 11 is 0. The summed E-state index contributed by atoms with van der Waals surface area (Å²) in [5.74, 6) is 0.873. The molecule has 7 heteroatoms. The predicted octanol–water partition coefficient (Wildman–Crippen LogP) is 4.31. The summed E-state index contributed by atoms with van der Waals surface area (Å²) in [4.78, 5) is 25.5. The molecule has 2 aromatic carbocycles. The third-order valence-electron chi connectivity index (χ3n) is 5.75. The van der Waals surface area contributed by atoms with Crippen LogP contribution in [-0.4, -0.2) is 24.6 Å². The minimum absolute atomic E-state index is 0.264. The second kappa shape index (κ2) is 9.73. The van der Waals surface area contributed by atoms with Gasteiger partial charge in [0.05, 0.1) is 18.4 Å². The number of hydrazone groups is 1. The van der Waals surface area contributed by atoms with Crippen molar-refractivity contribution in [2.24, 2.45) is 5.10 Å². The molecule has 3 aromatic rings. The van der Waals surface area contributed by atoms with Crippen LogP contribution < -0.4 is 15.5 Å². The first-order chi connectivity index (χ1) is 16.0. The maximum Gasteiger partial charge on any atom is 0.287 e. The van der Waals surface area contributed by atoms with Crippen LogP contribution in [-0.2, 0) is 13.0 Å². The van der Waals surface area contributed by atoms with Crippen molar-refractivity contribution in [3.63, 3.8) is 0 Å². The number of methoxy groups -OCH3 is 1. The lowest BCUT2D eigenvalue weighted by Gasteiger charge is -2.14. The van der Waals surface area contributed by atoms with E-state index in [0.717, 1.165) is 35.3 Å². The fourth-order valence-electron chi connectivity index (χ4n) is 3.98. The third-order valence-corrected chi connectivity index (χ3v) is 5.75. The summed E-state index contributed by atoms with van der Waals surface area (Å²) in [7, 11) is 1.52. The lowest BCUT2D eigenvalue weighted by Crippen LogP contribution is -2.23. The van der Waals surface area contributed by atoms with Crippen LogP contribution in [0, 0.1) is 13.8 Å². The van der Waals surface area contributed by atoms with E-state index in [1.165, 1.54) is 12.7 Å². The van der Waals surface area contributed by atoms with E-state index in [0.29, 0.717) is 30.0 Å². The van der Waals surface area contributed by atoms with E-state index in [9.17, 15) is 9.59 Å². The summed E-state index contributed by atoms with van der Waals surface area (Å²) in [6.07, 6.45) is 2.23. The molecule has 0 bridgehead atoms. The number of hydrogen-bond acceptors (Lipinski definition) is 5. The highest BCUT2D eigenvalue weighted by atomic mass is 16.5. The standard InChI is InChI=1S/C26H27N3O4/c1-16-11-13-18(14-12-16)15-27-26(31)24-17(2)23-20(8-6-10-22(23)33-24)28-29-25(30)19-7-4-5-9-21(19)32-3/h4-5,7,9,11-14H,6,8,10,15H2,1-3H3,(H,27,31)(H,29,30)/b28-20+. The first-order valence-corrected chi connectivity index (χ1v) is 10.9. The summed E-state index contributed by atoms with van der Waals surface area (Å²) in [6.45, 7) is 4.29. The van der Waals surface area contributed by atoms with Crippen molar-refractivity contribution in [3.05, 3.63) is 87.9 Å². The SMILES string of the molecule is COc1ccccc1C(=O)N/N=C1\CCCc2oc(C(=O)NCc3ccc(C)cc3)c(C)c21. The van der Waals surface area contributed by atoms with E-state index in [1.807, 2.05) is 38.1 Å². The second-order valence-electron chi connectivity index (χ2n) is 8.08. The molecule has 0 spiro atoms. The Morgan fingerprint density at radius 2 is 1.79 bits per heavy atom. The zero-order valence-corrected chi connectivity index (χ0v) is 19.0. The number of fused-ring (bicyclic) bond motifs is 1. The van der Waals surface area contributed by atoms with Crippen LogP contribution >= 0.6 is 0 Å². The van der Waals surface area contributed by atoms with E-state index < -0.39 is 0 Å². The highest BCUT2D eigenvalue weighted by molar-refractivity contribution is 6.07. The molecule has 0 fully saturated rings. The maximum atomic E-state index is 12.8. The number of para-hydroxylation sites is 1. The van der Waals surface area contributed by atoms with Gasteiger partial charge in [-0.2, -0.15) is 5.10 Å². The van der Waals surface area contributed by atoms with E-state index in [2.05, 4.69) is 15.8 Å². The highest BCUT2D eigenvalue weighted by Gasteiger charge is 2.28. The van der Waals surface area contributed by atoms with E-state index in [4.69, 9.17) is 9.15 Å². The number of nitrogens with one attached hydrogen (secondary N) is 2. The molecule has 0 unspecified atom stereocenters. The fourth-order valence-corrected chi connectivity index (χ4v) is 3.98. The lowest BCUT2D eigenvalue weighted by molar-refractivity contribution is 0.0918. The number of benzene rings is 2. The Morgan fingerprint density at radius 3 is 2.55 bits per heavy atom. The molecule has 2 amide bonds. The van der Waals surface area contributed by atoms with Crippen molar-refractivity contribution in [1.29, 1.82) is 0 Å². The summed E-state index contributed by atoms with van der Waals surface area (Å²) in [5.41, 5.74) is 7.47. The average Bonchev–Trinajstić information content (AvgIpc) is 3.19. The topological polar surface area (TPSA) is 92.9 Å². The van der Waals surface area contributed by atoms with Gasteiger partial charge in [-0.1, -0.05) is 42.0 Å². The molecule has 33 heavy (non-hydrogen) atoms. The Bertz CT molecular complexity index is 1210. The van der Waals surface area contributed by atoms with Crippen molar-refractivity contribution in [2.45, 2.75) is 39.7 Å². The Labute approximate surface area is 192 Å². The Balaban J connectivity index is 1.51. The van der Waals surface area contributed by atoms with Crippen LogP contribution in [0.3, 0.4) is 0 Å². The summed E-state index contributed by atoms with van der Waals surface area (Å²) in [5, 5.41) is 7.31. The molecule has 2 N–H and O–H groups in total. The van der Waals surface area contributed by atoms with E-state index >= 15 is 0 Å². The van der Waals surface area contributed by atoms with Gasteiger partial charge in [0.15, 0.2) is 5.76 Å². The molecule has 0 atom stereocenters. The Morgan fingerprint density at radius 1 is 1.03 bits per heavy atom. The minimum atomic E-state index is -0.357. The summed E-state index contributed by atoms with van der Waals surface area (Å²) < 4.78 is 11.2. The first-order valence-electron chi connectivity index (χ1n) is 10.9. The lowest BCUT2D eigenvalue weighted by atomic mass is 9.93. The molecule has 0 saturated carbocycles. The van der Waals surface area contributed by atoms with Crippen molar-refractivity contribution < 1.29 is 18.7 Å². The molecule has 1 heterocycles. The second-order valence-corrected chi connectivity index (χ2v) is 8.08. The van der Waals surface area contributed by atoms with Gasteiger partial charge in [-0.15, -0.1) is 0 Å². The molecular weight excluding hydrogens is 418 g/mol. The average molecular weight is 446 g/mol. The zero-order valence-electron chi connectivity index (χ0n) is 19.0.